The minimum atomic E-state index is -3.47. The van der Waals surface area contributed by atoms with Gasteiger partial charge in [0.15, 0.2) is 0 Å². The van der Waals surface area contributed by atoms with Crippen LogP contribution in [0.4, 0.5) is 0 Å². The predicted octanol–water partition coefficient (Wildman–Crippen LogP) is 0.919. The summed E-state index contributed by atoms with van der Waals surface area (Å²) in [4.78, 5) is 4.27. The number of sulfonamides is 1. The maximum atomic E-state index is 10.7. The van der Waals surface area contributed by atoms with Gasteiger partial charge in [-0.05, 0) is 12.1 Å². The fourth-order valence-electron chi connectivity index (χ4n) is 1.68. The molecular formula is C13H16N2O4S. The van der Waals surface area contributed by atoms with Gasteiger partial charge in [0.2, 0.25) is 10.0 Å². The first-order valence-electron chi connectivity index (χ1n) is 6.11. The molecule has 0 bridgehead atoms. The van der Waals surface area contributed by atoms with Crippen LogP contribution in [0, 0.1) is 0 Å². The van der Waals surface area contributed by atoms with Crippen molar-refractivity contribution in [2.75, 3.05) is 25.6 Å². The third-order valence-electron chi connectivity index (χ3n) is 2.59. The number of hydrogen-bond acceptors (Lipinski definition) is 5. The van der Waals surface area contributed by atoms with Gasteiger partial charge in [-0.25, -0.2) is 13.6 Å². The molecule has 2 rings (SSSR count). The summed E-state index contributed by atoms with van der Waals surface area (Å²) in [5.41, 5.74) is 0.791. The van der Waals surface area contributed by atoms with E-state index in [0.717, 1.165) is 10.9 Å². The van der Waals surface area contributed by atoms with Gasteiger partial charge in [0, 0.05) is 11.6 Å². The van der Waals surface area contributed by atoms with Crippen molar-refractivity contribution >= 4 is 20.9 Å². The van der Waals surface area contributed by atoms with Gasteiger partial charge in [0.05, 0.1) is 19.0 Å². The number of ether oxygens (including phenoxy) is 2. The Hall–Kier alpha value is -1.70. The van der Waals surface area contributed by atoms with Gasteiger partial charge in [0.25, 0.3) is 0 Å². The highest BCUT2D eigenvalue weighted by Gasteiger charge is 2.04. The number of aromatic nitrogens is 1. The van der Waals surface area contributed by atoms with Gasteiger partial charge in [0.1, 0.15) is 17.9 Å². The Kier molecular flexibility index (Phi) is 4.89. The van der Waals surface area contributed by atoms with Crippen molar-refractivity contribution in [2.24, 2.45) is 5.14 Å². The maximum Gasteiger partial charge on any atom is 0.211 e. The Morgan fingerprint density at radius 3 is 2.70 bits per heavy atom. The minimum Gasteiger partial charge on any atom is -0.489 e. The summed E-state index contributed by atoms with van der Waals surface area (Å²) in [5, 5.41) is 5.86. The van der Waals surface area contributed by atoms with Crippen LogP contribution in [0.5, 0.6) is 5.75 Å². The molecule has 0 saturated carbocycles. The number of nitrogens with two attached hydrogens (primary N) is 1. The zero-order valence-electron chi connectivity index (χ0n) is 10.9. The van der Waals surface area contributed by atoms with Crippen molar-refractivity contribution in [1.82, 2.24) is 4.98 Å². The van der Waals surface area contributed by atoms with Crippen LogP contribution in [0.25, 0.3) is 10.9 Å². The molecule has 0 fully saturated rings. The van der Waals surface area contributed by atoms with Crippen LogP contribution >= 0.6 is 0 Å². The predicted molar refractivity (Wildman–Crippen MR) is 76.0 cm³/mol. The van der Waals surface area contributed by atoms with E-state index < -0.39 is 10.0 Å². The quantitative estimate of drug-likeness (QED) is 0.767. The molecule has 108 valence electrons. The Morgan fingerprint density at radius 2 is 1.90 bits per heavy atom. The second kappa shape index (κ2) is 6.65. The Balaban J connectivity index is 1.82. The SMILES string of the molecule is NS(=O)(=O)CCOCCOc1cccc2cccnc12. The van der Waals surface area contributed by atoms with Gasteiger partial charge in [-0.2, -0.15) is 0 Å². The van der Waals surface area contributed by atoms with Crippen molar-refractivity contribution in [3.8, 4) is 5.75 Å². The van der Waals surface area contributed by atoms with Crippen LogP contribution in [0.3, 0.4) is 0 Å². The van der Waals surface area contributed by atoms with E-state index in [1.165, 1.54) is 0 Å². The molecule has 7 heteroatoms. The van der Waals surface area contributed by atoms with Crippen LogP contribution in [-0.4, -0.2) is 39.0 Å². The number of primary sulfonamides is 1. The first-order valence-corrected chi connectivity index (χ1v) is 7.82. The molecule has 1 aromatic carbocycles. The summed E-state index contributed by atoms with van der Waals surface area (Å²) < 4.78 is 32.1. The number of fused-ring (bicyclic) bond motifs is 1. The molecule has 0 amide bonds. The zero-order chi connectivity index (χ0) is 14.4. The van der Waals surface area contributed by atoms with Crippen molar-refractivity contribution in [1.29, 1.82) is 0 Å². The average molecular weight is 296 g/mol. The van der Waals surface area contributed by atoms with Gasteiger partial charge >= 0.3 is 0 Å². The first-order chi connectivity index (χ1) is 9.56. The molecular weight excluding hydrogens is 280 g/mol. The summed E-state index contributed by atoms with van der Waals surface area (Å²) in [6, 6.07) is 9.50. The highest BCUT2D eigenvalue weighted by molar-refractivity contribution is 7.89. The third-order valence-corrected chi connectivity index (χ3v) is 3.33. The average Bonchev–Trinajstić information content (AvgIpc) is 2.41. The number of pyridine rings is 1. The second-order valence-electron chi connectivity index (χ2n) is 4.16. The summed E-state index contributed by atoms with van der Waals surface area (Å²) in [5.74, 6) is 0.487. The molecule has 0 saturated heterocycles. The van der Waals surface area contributed by atoms with E-state index in [0.29, 0.717) is 19.0 Å². The van der Waals surface area contributed by atoms with Crippen molar-refractivity contribution < 1.29 is 17.9 Å². The van der Waals surface area contributed by atoms with E-state index in [9.17, 15) is 8.42 Å². The molecule has 0 unspecified atom stereocenters. The van der Waals surface area contributed by atoms with Crippen molar-refractivity contribution in [2.45, 2.75) is 0 Å². The smallest absolute Gasteiger partial charge is 0.211 e. The highest BCUT2D eigenvalue weighted by Crippen LogP contribution is 2.22. The van der Waals surface area contributed by atoms with E-state index in [2.05, 4.69) is 4.98 Å². The minimum absolute atomic E-state index is 0.0655. The molecule has 20 heavy (non-hydrogen) atoms. The molecule has 0 spiro atoms. The first kappa shape index (κ1) is 14.7. The summed E-state index contributed by atoms with van der Waals surface area (Å²) in [6.45, 7) is 0.676. The molecule has 0 atom stereocenters. The maximum absolute atomic E-state index is 10.7. The molecule has 1 aromatic heterocycles. The zero-order valence-corrected chi connectivity index (χ0v) is 11.7. The lowest BCUT2D eigenvalue weighted by Crippen LogP contribution is -2.21. The van der Waals surface area contributed by atoms with Crippen molar-refractivity contribution in [3.63, 3.8) is 0 Å². The Labute approximate surface area is 117 Å². The van der Waals surface area contributed by atoms with E-state index in [1.54, 1.807) is 6.20 Å². The lowest BCUT2D eigenvalue weighted by atomic mass is 10.2. The number of para-hydroxylation sites is 1. The van der Waals surface area contributed by atoms with Gasteiger partial charge in [-0.15, -0.1) is 0 Å². The molecule has 2 aromatic rings. The number of rotatable bonds is 7. The van der Waals surface area contributed by atoms with Crippen LogP contribution < -0.4 is 9.88 Å². The Bertz CT molecular complexity index is 668. The monoisotopic (exact) mass is 296 g/mol. The van der Waals surface area contributed by atoms with Crippen LogP contribution in [0.2, 0.25) is 0 Å². The number of hydrogen-bond donors (Lipinski definition) is 1. The summed E-state index contributed by atoms with van der Waals surface area (Å²) in [6.07, 6.45) is 1.71. The molecule has 0 aliphatic carbocycles. The summed E-state index contributed by atoms with van der Waals surface area (Å²) >= 11 is 0. The lowest BCUT2D eigenvalue weighted by molar-refractivity contribution is 0.112. The standard InChI is InChI=1S/C13H16N2O4S/c14-20(16,17)10-9-18-7-8-19-12-5-1-3-11-4-2-6-15-13(11)12/h1-6H,7-10H2,(H2,14,16,17). The largest absolute Gasteiger partial charge is 0.489 e. The molecule has 2 N–H and O–H groups in total. The normalized spacial score (nSPS) is 11.7. The second-order valence-corrected chi connectivity index (χ2v) is 5.89. The van der Waals surface area contributed by atoms with E-state index in [4.69, 9.17) is 14.6 Å². The molecule has 1 heterocycles. The molecule has 0 aliphatic heterocycles. The van der Waals surface area contributed by atoms with E-state index >= 15 is 0 Å². The fourth-order valence-corrected chi connectivity index (χ4v) is 2.03. The fraction of sp³-hybridized carbons (Fsp3) is 0.308. The number of nitrogens with zero attached hydrogens (tertiary/aromatic N) is 1. The molecule has 6 nitrogen and oxygen atoms in total. The third kappa shape index (κ3) is 4.44. The van der Waals surface area contributed by atoms with E-state index in [1.807, 2.05) is 30.3 Å². The van der Waals surface area contributed by atoms with Gasteiger partial charge in [-0.3, -0.25) is 4.98 Å². The topological polar surface area (TPSA) is 91.5 Å². The summed E-state index contributed by atoms with van der Waals surface area (Å²) in [7, 11) is -3.47. The molecule has 0 radical (unpaired) electrons. The van der Waals surface area contributed by atoms with E-state index in [-0.39, 0.29) is 12.4 Å². The Morgan fingerprint density at radius 1 is 1.10 bits per heavy atom. The lowest BCUT2D eigenvalue weighted by Gasteiger charge is -2.08. The van der Waals surface area contributed by atoms with Crippen LogP contribution in [-0.2, 0) is 14.8 Å². The number of benzene rings is 1. The van der Waals surface area contributed by atoms with Crippen LogP contribution in [0.15, 0.2) is 36.5 Å². The van der Waals surface area contributed by atoms with Gasteiger partial charge in [-0.1, -0.05) is 18.2 Å². The highest BCUT2D eigenvalue weighted by atomic mass is 32.2. The molecule has 0 aliphatic rings. The van der Waals surface area contributed by atoms with Gasteiger partial charge < -0.3 is 9.47 Å². The van der Waals surface area contributed by atoms with Crippen molar-refractivity contribution in [3.05, 3.63) is 36.5 Å². The van der Waals surface area contributed by atoms with Crippen LogP contribution in [0.1, 0.15) is 0 Å².